The zero-order chi connectivity index (χ0) is 5.28. The van der Waals surface area contributed by atoms with Crippen molar-refractivity contribution in [1.82, 2.24) is 5.32 Å². The lowest BCUT2D eigenvalue weighted by molar-refractivity contribution is 0.406. The van der Waals surface area contributed by atoms with Crippen molar-refractivity contribution in [3.8, 4) is 0 Å². The first-order chi connectivity index (χ1) is 3.29. The fraction of sp³-hybridized carbons (Fsp3) is 0. The molecule has 4 nitrogen and oxygen atoms in total. The van der Waals surface area contributed by atoms with E-state index in [1.54, 1.807) is 0 Å². The third kappa shape index (κ3) is 0.623. The number of hydrogen-bond donors (Lipinski definition) is 2. The number of rotatable bonds is 0. The lowest BCUT2D eigenvalue weighted by Crippen LogP contribution is -2.01. The van der Waals surface area contributed by atoms with Gasteiger partial charge in [-0.25, -0.2) is 0 Å². The van der Waals surface area contributed by atoms with Crippen molar-refractivity contribution in [3.63, 3.8) is 0 Å². The van der Waals surface area contributed by atoms with E-state index < -0.39 is 6.02 Å². The molecule has 0 aromatic rings. The average Bonchev–Trinajstić information content (AvgIpc) is 1.87. The van der Waals surface area contributed by atoms with Gasteiger partial charge in [0.05, 0.1) is 6.20 Å². The Labute approximate surface area is 39.8 Å². The highest BCUT2D eigenvalue weighted by molar-refractivity contribution is 5.75. The molecule has 1 aliphatic rings. The van der Waals surface area contributed by atoms with Crippen LogP contribution in [0, 0.1) is 0 Å². The first-order valence-corrected chi connectivity index (χ1v) is 1.66. The van der Waals surface area contributed by atoms with E-state index in [2.05, 4.69) is 10.3 Å². The molecular formula is C3H3N2O2. The van der Waals surface area contributed by atoms with E-state index in [1.807, 2.05) is 0 Å². The molecule has 2 N–H and O–H groups in total. The van der Waals surface area contributed by atoms with Gasteiger partial charge in [0.25, 0.3) is 0 Å². The van der Waals surface area contributed by atoms with Crippen LogP contribution in [0.15, 0.2) is 17.1 Å². The van der Waals surface area contributed by atoms with Crippen molar-refractivity contribution in [2.75, 3.05) is 0 Å². The summed E-state index contributed by atoms with van der Waals surface area (Å²) in [5.41, 5.74) is 0. The molecule has 7 heavy (non-hydrogen) atoms. The van der Waals surface area contributed by atoms with E-state index in [-0.39, 0.29) is 5.88 Å². The fourth-order valence-electron chi connectivity index (χ4n) is 0.276. The van der Waals surface area contributed by atoms with Crippen LogP contribution in [-0.2, 0) is 0 Å². The van der Waals surface area contributed by atoms with Crippen molar-refractivity contribution in [1.29, 1.82) is 0 Å². The minimum Gasteiger partial charge on any atom is -0.492 e. The Bertz CT molecular complexity index is 138. The second-order valence-electron chi connectivity index (χ2n) is 1.03. The highest BCUT2D eigenvalue weighted by atomic mass is 16.3. The number of amidine groups is 1. The third-order valence-electron chi connectivity index (χ3n) is 0.510. The Morgan fingerprint density at radius 1 is 1.43 bits per heavy atom. The van der Waals surface area contributed by atoms with Gasteiger partial charge in [-0.1, -0.05) is 0 Å². The molecule has 0 aromatic heterocycles. The second kappa shape index (κ2) is 1.14. The summed E-state index contributed by atoms with van der Waals surface area (Å²) >= 11 is 0. The van der Waals surface area contributed by atoms with Gasteiger partial charge >= 0.3 is 6.02 Å². The largest absolute Gasteiger partial charge is 0.492 e. The van der Waals surface area contributed by atoms with Crippen LogP contribution in [-0.4, -0.2) is 16.2 Å². The summed E-state index contributed by atoms with van der Waals surface area (Å²) in [5, 5.41) is 19.8. The predicted molar refractivity (Wildman–Crippen MR) is 22.9 cm³/mol. The molecule has 0 aliphatic carbocycles. The van der Waals surface area contributed by atoms with Gasteiger partial charge in [0.1, 0.15) is 0 Å². The van der Waals surface area contributed by atoms with Gasteiger partial charge in [0.2, 0.25) is 5.88 Å². The summed E-state index contributed by atoms with van der Waals surface area (Å²) in [5.74, 6) is -0.252. The van der Waals surface area contributed by atoms with Crippen molar-refractivity contribution >= 4 is 6.02 Å². The summed E-state index contributed by atoms with van der Waals surface area (Å²) in [4.78, 5) is 3.11. The maximum Gasteiger partial charge on any atom is 0.317 e. The monoisotopic (exact) mass is 99.0 g/mol. The predicted octanol–water partition coefficient (Wildman–Crippen LogP) is -0.125. The molecule has 1 radical (unpaired) electrons. The van der Waals surface area contributed by atoms with Gasteiger partial charge in [-0.2, -0.15) is 10.3 Å². The van der Waals surface area contributed by atoms with Crippen LogP contribution in [0.2, 0.25) is 0 Å². The number of aliphatic imine (C=N–C) groups is 1. The Morgan fingerprint density at radius 2 is 2.14 bits per heavy atom. The molecule has 1 heterocycles. The molecule has 37 valence electrons. The molecule has 1 aliphatic heterocycles. The molecule has 0 aromatic carbocycles. The van der Waals surface area contributed by atoms with Crippen LogP contribution in [0.25, 0.3) is 0 Å². The Kier molecular flexibility index (Phi) is 0.651. The van der Waals surface area contributed by atoms with Crippen molar-refractivity contribution in [2.24, 2.45) is 4.99 Å². The first kappa shape index (κ1) is 3.98. The summed E-state index contributed by atoms with van der Waals surface area (Å²) < 4.78 is 0. The number of aliphatic hydroxyl groups excluding tert-OH is 2. The summed E-state index contributed by atoms with van der Waals surface area (Å²) in [6.07, 6.45) is 1.06. The fourth-order valence-corrected chi connectivity index (χ4v) is 0.276. The van der Waals surface area contributed by atoms with E-state index in [9.17, 15) is 0 Å². The van der Waals surface area contributed by atoms with Gasteiger partial charge in [-0.3, -0.25) is 0 Å². The van der Waals surface area contributed by atoms with Gasteiger partial charge < -0.3 is 10.2 Å². The zero-order valence-electron chi connectivity index (χ0n) is 3.37. The van der Waals surface area contributed by atoms with Gasteiger partial charge in [0.15, 0.2) is 0 Å². The van der Waals surface area contributed by atoms with Crippen LogP contribution in [0.5, 0.6) is 0 Å². The highest BCUT2D eigenvalue weighted by Gasteiger charge is 2.03. The van der Waals surface area contributed by atoms with E-state index in [1.165, 1.54) is 0 Å². The first-order valence-electron chi connectivity index (χ1n) is 1.66. The van der Waals surface area contributed by atoms with E-state index in [0.29, 0.717) is 0 Å². The lowest BCUT2D eigenvalue weighted by Gasteiger charge is -1.77. The van der Waals surface area contributed by atoms with Crippen molar-refractivity contribution < 1.29 is 10.2 Å². The Balaban J connectivity index is 2.69. The van der Waals surface area contributed by atoms with Crippen LogP contribution < -0.4 is 5.32 Å². The molecule has 0 amide bonds. The molecule has 0 unspecified atom stereocenters. The second-order valence-corrected chi connectivity index (χ2v) is 1.03. The molecule has 0 atom stereocenters. The normalized spacial score (nSPS) is 17.7. The molecular weight excluding hydrogens is 96.0 g/mol. The molecule has 0 saturated heterocycles. The lowest BCUT2D eigenvalue weighted by atomic mass is 10.9. The smallest absolute Gasteiger partial charge is 0.317 e. The van der Waals surface area contributed by atoms with Gasteiger partial charge in [0, 0.05) is 0 Å². The van der Waals surface area contributed by atoms with Crippen LogP contribution in [0.3, 0.4) is 0 Å². The summed E-state index contributed by atoms with van der Waals surface area (Å²) in [7, 11) is 0. The number of hydrogen-bond acceptors (Lipinski definition) is 2. The molecule has 0 spiro atoms. The topological polar surface area (TPSA) is 66.9 Å². The van der Waals surface area contributed by atoms with Crippen LogP contribution in [0.1, 0.15) is 0 Å². The van der Waals surface area contributed by atoms with Gasteiger partial charge in [-0.05, 0) is 0 Å². The molecule has 1 rings (SSSR count). The minimum atomic E-state index is -0.391. The number of aliphatic hydroxyl groups is 2. The maximum absolute atomic E-state index is 8.32. The quantitative estimate of drug-likeness (QED) is 0.444. The van der Waals surface area contributed by atoms with E-state index in [0.717, 1.165) is 6.20 Å². The zero-order valence-corrected chi connectivity index (χ0v) is 3.37. The SMILES string of the molecule is OC1=C[N]C(O)=N1. The van der Waals surface area contributed by atoms with Crippen molar-refractivity contribution in [3.05, 3.63) is 12.1 Å². The molecule has 0 saturated carbocycles. The maximum atomic E-state index is 8.32. The van der Waals surface area contributed by atoms with Crippen LogP contribution >= 0.6 is 0 Å². The van der Waals surface area contributed by atoms with E-state index in [4.69, 9.17) is 10.2 Å². The van der Waals surface area contributed by atoms with Crippen LogP contribution in [0.4, 0.5) is 0 Å². The van der Waals surface area contributed by atoms with Crippen molar-refractivity contribution in [2.45, 2.75) is 0 Å². The molecule has 0 bridgehead atoms. The molecule has 0 fully saturated rings. The third-order valence-corrected chi connectivity index (χ3v) is 0.510. The average molecular weight is 99.1 g/mol. The Morgan fingerprint density at radius 3 is 2.29 bits per heavy atom. The number of nitrogens with zero attached hydrogens (tertiary/aromatic N) is 2. The summed E-state index contributed by atoms with van der Waals surface area (Å²) in [6.45, 7) is 0. The molecule has 4 heteroatoms. The minimum absolute atomic E-state index is 0.252. The Hall–Kier alpha value is -1.19. The summed E-state index contributed by atoms with van der Waals surface area (Å²) in [6, 6.07) is -0.391. The highest BCUT2D eigenvalue weighted by Crippen LogP contribution is 1.94. The van der Waals surface area contributed by atoms with E-state index >= 15 is 0 Å². The van der Waals surface area contributed by atoms with Gasteiger partial charge in [-0.15, -0.1) is 0 Å². The standard InChI is InChI=1S/C3H3N2O2/c6-2-1-4-3(7)5-2/h1,6H,(H,5,7).